The van der Waals surface area contributed by atoms with Crippen molar-refractivity contribution in [2.75, 3.05) is 22.7 Å². The van der Waals surface area contributed by atoms with Crippen molar-refractivity contribution >= 4 is 27.5 Å². The van der Waals surface area contributed by atoms with Gasteiger partial charge in [-0.05, 0) is 43.0 Å². The summed E-state index contributed by atoms with van der Waals surface area (Å²) in [6, 6.07) is 17.0. The highest BCUT2D eigenvalue weighted by Crippen LogP contribution is 2.29. The zero-order valence-corrected chi connectivity index (χ0v) is 14.4. The molecule has 1 saturated heterocycles. The number of piperidine rings is 1. The highest BCUT2D eigenvalue weighted by Gasteiger charge is 2.16. The fourth-order valence-electron chi connectivity index (χ4n) is 2.89. The molecule has 3 rings (SSSR count). The third kappa shape index (κ3) is 4.38. The van der Waals surface area contributed by atoms with E-state index in [1.165, 1.54) is 11.8 Å². The van der Waals surface area contributed by atoms with E-state index in [1.54, 1.807) is 6.08 Å². The Kier molecular flexibility index (Phi) is 5.20. The molecular formula is C19H22N2O2S. The maximum absolute atomic E-state index is 12.4. The average molecular weight is 342 g/mol. The van der Waals surface area contributed by atoms with Crippen LogP contribution < -0.4 is 9.62 Å². The summed E-state index contributed by atoms with van der Waals surface area (Å²) in [6.45, 7) is 1.94. The van der Waals surface area contributed by atoms with Crippen LogP contribution in [0.4, 0.5) is 11.4 Å². The largest absolute Gasteiger partial charge is 0.370 e. The minimum absolute atomic E-state index is 0.636. The Bertz CT molecular complexity index is 795. The van der Waals surface area contributed by atoms with Crippen molar-refractivity contribution in [3.63, 3.8) is 0 Å². The molecule has 5 heteroatoms. The van der Waals surface area contributed by atoms with Crippen LogP contribution in [0.1, 0.15) is 24.8 Å². The molecule has 2 aromatic carbocycles. The van der Waals surface area contributed by atoms with Crippen LogP contribution in [0.3, 0.4) is 0 Å². The molecule has 0 aromatic heterocycles. The number of nitrogens with zero attached hydrogens (tertiary/aromatic N) is 1. The Balaban J connectivity index is 1.78. The Morgan fingerprint density at radius 2 is 1.54 bits per heavy atom. The normalized spacial score (nSPS) is 15.6. The van der Waals surface area contributed by atoms with E-state index in [4.69, 9.17) is 0 Å². The second-order valence-corrected chi connectivity index (χ2v) is 7.49. The monoisotopic (exact) mass is 342 g/mol. The van der Waals surface area contributed by atoms with Gasteiger partial charge in [-0.15, -0.1) is 0 Å². The summed E-state index contributed by atoms with van der Waals surface area (Å²) in [5.41, 5.74) is 2.44. The summed E-state index contributed by atoms with van der Waals surface area (Å²) in [7, 11) is -3.55. The number of anilines is 2. The van der Waals surface area contributed by atoms with Crippen LogP contribution in [0.2, 0.25) is 0 Å². The minimum Gasteiger partial charge on any atom is -0.370 e. The van der Waals surface area contributed by atoms with Gasteiger partial charge in [-0.3, -0.25) is 4.72 Å². The van der Waals surface area contributed by atoms with Crippen LogP contribution in [0, 0.1) is 0 Å². The van der Waals surface area contributed by atoms with Gasteiger partial charge in [0.1, 0.15) is 0 Å². The zero-order valence-electron chi connectivity index (χ0n) is 13.6. The molecule has 4 nitrogen and oxygen atoms in total. The van der Waals surface area contributed by atoms with Crippen LogP contribution >= 0.6 is 0 Å². The van der Waals surface area contributed by atoms with Gasteiger partial charge in [0.25, 0.3) is 10.0 Å². The highest BCUT2D eigenvalue weighted by molar-refractivity contribution is 7.95. The number of sulfonamides is 1. The Morgan fingerprint density at radius 1 is 0.875 bits per heavy atom. The van der Waals surface area contributed by atoms with Crippen LogP contribution in [0.15, 0.2) is 60.0 Å². The summed E-state index contributed by atoms with van der Waals surface area (Å²) < 4.78 is 27.5. The third-order valence-corrected chi connectivity index (χ3v) is 5.09. The van der Waals surface area contributed by atoms with Gasteiger partial charge < -0.3 is 4.90 Å². The van der Waals surface area contributed by atoms with Gasteiger partial charge >= 0.3 is 0 Å². The Morgan fingerprint density at radius 3 is 2.29 bits per heavy atom. The lowest BCUT2D eigenvalue weighted by Gasteiger charge is -2.30. The number of rotatable bonds is 5. The lowest BCUT2D eigenvalue weighted by atomic mass is 10.1. The van der Waals surface area contributed by atoms with E-state index < -0.39 is 10.0 Å². The molecule has 1 N–H and O–H groups in total. The van der Waals surface area contributed by atoms with E-state index >= 15 is 0 Å². The molecule has 0 bridgehead atoms. The number of nitrogens with one attached hydrogen (secondary N) is 1. The number of benzene rings is 2. The Labute approximate surface area is 143 Å². The van der Waals surface area contributed by atoms with Gasteiger partial charge in [0, 0.05) is 13.1 Å². The molecule has 1 aliphatic heterocycles. The minimum atomic E-state index is -3.55. The standard InChI is InChI=1S/C19H22N2O2S/c22-24(23,16-13-17-9-3-1-4-10-17)20-18-11-5-6-12-19(18)21-14-7-2-8-15-21/h1,3-6,9-13,16,20H,2,7-8,14-15H2/b16-13+. The smallest absolute Gasteiger partial charge is 0.255 e. The quantitative estimate of drug-likeness (QED) is 0.890. The summed E-state index contributed by atoms with van der Waals surface area (Å²) in [6.07, 6.45) is 5.14. The SMILES string of the molecule is O=S(=O)(/C=C/c1ccccc1)Nc1ccccc1N1CCCCC1. The third-order valence-electron chi connectivity index (χ3n) is 4.09. The van der Waals surface area contributed by atoms with E-state index in [2.05, 4.69) is 9.62 Å². The first-order chi connectivity index (χ1) is 11.6. The molecule has 1 aliphatic rings. The van der Waals surface area contributed by atoms with Crippen LogP contribution in [0.25, 0.3) is 6.08 Å². The fourth-order valence-corrected chi connectivity index (χ4v) is 3.77. The molecule has 0 saturated carbocycles. The lowest BCUT2D eigenvalue weighted by molar-refractivity contribution is 0.578. The van der Waals surface area contributed by atoms with Gasteiger partial charge in [-0.1, -0.05) is 42.5 Å². The molecule has 0 amide bonds. The summed E-state index contributed by atoms with van der Waals surface area (Å²) in [5.74, 6) is 0. The highest BCUT2D eigenvalue weighted by atomic mass is 32.2. The maximum Gasteiger partial charge on any atom is 0.255 e. The van der Waals surface area contributed by atoms with Gasteiger partial charge in [0.15, 0.2) is 0 Å². The number of hydrogen-bond donors (Lipinski definition) is 1. The van der Waals surface area contributed by atoms with Crippen molar-refractivity contribution in [2.24, 2.45) is 0 Å². The molecule has 0 radical (unpaired) electrons. The fraction of sp³-hybridized carbons (Fsp3) is 0.263. The topological polar surface area (TPSA) is 49.4 Å². The second-order valence-electron chi connectivity index (χ2n) is 5.93. The molecule has 1 heterocycles. The van der Waals surface area contributed by atoms with E-state index in [0.29, 0.717) is 5.69 Å². The number of para-hydroxylation sites is 2. The van der Waals surface area contributed by atoms with E-state index in [-0.39, 0.29) is 0 Å². The molecular weight excluding hydrogens is 320 g/mol. The van der Waals surface area contributed by atoms with Crippen molar-refractivity contribution in [3.05, 3.63) is 65.6 Å². The van der Waals surface area contributed by atoms with Crippen molar-refractivity contribution in [1.82, 2.24) is 0 Å². The summed E-state index contributed by atoms with van der Waals surface area (Å²) >= 11 is 0. The zero-order chi connectivity index (χ0) is 16.8. The summed E-state index contributed by atoms with van der Waals surface area (Å²) in [4.78, 5) is 2.25. The van der Waals surface area contributed by atoms with Gasteiger partial charge in [-0.25, -0.2) is 8.42 Å². The van der Waals surface area contributed by atoms with Gasteiger partial charge in [0.2, 0.25) is 0 Å². The van der Waals surface area contributed by atoms with Crippen LogP contribution in [-0.4, -0.2) is 21.5 Å². The van der Waals surface area contributed by atoms with Crippen molar-refractivity contribution in [2.45, 2.75) is 19.3 Å². The first-order valence-corrected chi connectivity index (χ1v) is 9.79. The second kappa shape index (κ2) is 7.53. The Hall–Kier alpha value is -2.27. The first-order valence-electron chi connectivity index (χ1n) is 8.24. The maximum atomic E-state index is 12.4. The van der Waals surface area contributed by atoms with E-state index in [9.17, 15) is 8.42 Å². The predicted octanol–water partition coefficient (Wildman–Crippen LogP) is 4.09. The van der Waals surface area contributed by atoms with E-state index in [1.807, 2.05) is 54.6 Å². The molecule has 126 valence electrons. The molecule has 24 heavy (non-hydrogen) atoms. The number of hydrogen-bond acceptors (Lipinski definition) is 3. The van der Waals surface area contributed by atoms with Crippen molar-refractivity contribution in [1.29, 1.82) is 0 Å². The molecule has 0 spiro atoms. The van der Waals surface area contributed by atoms with Crippen molar-refractivity contribution in [3.8, 4) is 0 Å². The lowest BCUT2D eigenvalue weighted by Crippen LogP contribution is -2.30. The molecule has 0 atom stereocenters. The predicted molar refractivity (Wildman–Crippen MR) is 101 cm³/mol. The molecule has 0 aliphatic carbocycles. The van der Waals surface area contributed by atoms with E-state index in [0.717, 1.165) is 37.2 Å². The van der Waals surface area contributed by atoms with Crippen LogP contribution in [0.5, 0.6) is 0 Å². The molecule has 2 aromatic rings. The van der Waals surface area contributed by atoms with Crippen molar-refractivity contribution < 1.29 is 8.42 Å². The van der Waals surface area contributed by atoms with Crippen LogP contribution in [-0.2, 0) is 10.0 Å². The van der Waals surface area contributed by atoms with Gasteiger partial charge in [-0.2, -0.15) is 0 Å². The molecule has 1 fully saturated rings. The first kappa shape index (κ1) is 16.6. The molecule has 0 unspecified atom stereocenters. The average Bonchev–Trinajstić information content (AvgIpc) is 2.62. The summed E-state index contributed by atoms with van der Waals surface area (Å²) in [5, 5.41) is 1.22. The van der Waals surface area contributed by atoms with Gasteiger partial charge in [0.05, 0.1) is 16.8 Å².